The molecule has 4 heterocycles. The number of carbonyl (C=O) groups excluding carboxylic acids is 3. The lowest BCUT2D eigenvalue weighted by Gasteiger charge is -2.39. The number of rotatable bonds is 10. The van der Waals surface area contributed by atoms with Crippen LogP contribution in [-0.2, 0) is 33.3 Å². The monoisotopic (exact) mass is 602 g/mol. The molecule has 43 heavy (non-hydrogen) atoms. The molecular formula is C33H50N2O8. The molecule has 0 aromatic rings. The average molecular weight is 603 g/mol. The van der Waals surface area contributed by atoms with Crippen LogP contribution in [-0.4, -0.2) is 95.8 Å². The van der Waals surface area contributed by atoms with Crippen LogP contribution in [0.2, 0.25) is 0 Å². The fraction of sp³-hybridized carbons (Fsp3) is 0.727. The number of amides is 2. The van der Waals surface area contributed by atoms with Crippen molar-refractivity contribution in [2.45, 2.75) is 128 Å². The summed E-state index contributed by atoms with van der Waals surface area (Å²) in [6.07, 6.45) is 12.4. The molecule has 4 fully saturated rings. The molecule has 0 aromatic carbocycles. The lowest BCUT2D eigenvalue weighted by molar-refractivity contribution is -0.151. The fourth-order valence-corrected chi connectivity index (χ4v) is 6.35. The molecule has 4 saturated heterocycles. The number of ether oxygens (including phenoxy) is 4. The van der Waals surface area contributed by atoms with Crippen molar-refractivity contribution in [3.63, 3.8) is 0 Å². The zero-order valence-corrected chi connectivity index (χ0v) is 26.3. The standard InChI is InChI=1S/C33H50N2O8/c1-21(9-12-28-22(2)17-27(24(4)42-28)34-30(37)14-11-23(3)41-25(5)36)10-13-29-32(39)33(20-40-33)19-26(43-29)18-31(38)35-15-7-6-8-16-35/h9-11,13-14,22-24,26-29,32,39H,6-8,12,15-20H2,1-5H3,(H,34,37)/b13-10+,14-11-,21-9+/t22-,23-,24+,26+,27+,28-,29+,32+,33?/m0/s1. The van der Waals surface area contributed by atoms with Gasteiger partial charge < -0.3 is 34.3 Å². The number of likely N-dealkylation sites (tertiary alicyclic amines) is 1. The highest BCUT2D eigenvalue weighted by atomic mass is 16.6. The Morgan fingerprint density at radius 2 is 1.84 bits per heavy atom. The highest BCUT2D eigenvalue weighted by molar-refractivity contribution is 5.87. The first-order valence-corrected chi connectivity index (χ1v) is 15.9. The molecule has 4 aliphatic heterocycles. The number of hydrogen-bond acceptors (Lipinski definition) is 8. The van der Waals surface area contributed by atoms with E-state index in [1.807, 2.05) is 30.9 Å². The molecule has 0 aliphatic carbocycles. The molecule has 0 aromatic heterocycles. The third kappa shape index (κ3) is 9.48. The van der Waals surface area contributed by atoms with Crippen LogP contribution >= 0.6 is 0 Å². The lowest BCUT2D eigenvalue weighted by atomic mass is 9.87. The van der Waals surface area contributed by atoms with Crippen LogP contribution in [0.3, 0.4) is 0 Å². The van der Waals surface area contributed by atoms with Crippen molar-refractivity contribution in [3.8, 4) is 0 Å². The van der Waals surface area contributed by atoms with E-state index in [2.05, 4.69) is 18.3 Å². The number of carbonyl (C=O) groups is 3. The van der Waals surface area contributed by atoms with E-state index in [1.165, 1.54) is 19.4 Å². The van der Waals surface area contributed by atoms with Crippen molar-refractivity contribution >= 4 is 17.8 Å². The van der Waals surface area contributed by atoms with Gasteiger partial charge in [-0.3, -0.25) is 14.4 Å². The maximum absolute atomic E-state index is 12.9. The van der Waals surface area contributed by atoms with E-state index in [-0.39, 0.29) is 42.1 Å². The van der Waals surface area contributed by atoms with E-state index in [9.17, 15) is 19.5 Å². The van der Waals surface area contributed by atoms with Gasteiger partial charge in [-0.15, -0.1) is 0 Å². The molecule has 10 nitrogen and oxygen atoms in total. The number of allylic oxidation sites excluding steroid dienone is 2. The van der Waals surface area contributed by atoms with E-state index in [4.69, 9.17) is 18.9 Å². The topological polar surface area (TPSA) is 127 Å². The van der Waals surface area contributed by atoms with Crippen molar-refractivity contribution in [1.82, 2.24) is 10.2 Å². The van der Waals surface area contributed by atoms with Crippen LogP contribution in [0.25, 0.3) is 0 Å². The third-order valence-corrected chi connectivity index (χ3v) is 9.03. The highest BCUT2D eigenvalue weighted by Crippen LogP contribution is 2.43. The van der Waals surface area contributed by atoms with Gasteiger partial charge in [0.1, 0.15) is 23.9 Å². The number of nitrogens with zero attached hydrogens (tertiary/aromatic N) is 1. The molecule has 10 heteroatoms. The Kier molecular flexibility index (Phi) is 11.6. The van der Waals surface area contributed by atoms with E-state index >= 15 is 0 Å². The quantitative estimate of drug-likeness (QED) is 0.169. The van der Waals surface area contributed by atoms with E-state index in [0.29, 0.717) is 19.4 Å². The fourth-order valence-electron chi connectivity index (χ4n) is 6.35. The van der Waals surface area contributed by atoms with Crippen LogP contribution < -0.4 is 5.32 Å². The summed E-state index contributed by atoms with van der Waals surface area (Å²) in [5.74, 6) is -0.280. The van der Waals surface area contributed by atoms with Gasteiger partial charge in [0.15, 0.2) is 0 Å². The summed E-state index contributed by atoms with van der Waals surface area (Å²) < 4.78 is 23.2. The van der Waals surface area contributed by atoms with Gasteiger partial charge in [0.05, 0.1) is 37.4 Å². The molecule has 9 atom stereocenters. The summed E-state index contributed by atoms with van der Waals surface area (Å²) >= 11 is 0. The average Bonchev–Trinajstić information content (AvgIpc) is 3.74. The van der Waals surface area contributed by atoms with Crippen molar-refractivity contribution in [3.05, 3.63) is 36.0 Å². The van der Waals surface area contributed by atoms with Crippen molar-refractivity contribution in [2.75, 3.05) is 19.7 Å². The molecule has 0 bridgehead atoms. The summed E-state index contributed by atoms with van der Waals surface area (Å²) in [7, 11) is 0. The summed E-state index contributed by atoms with van der Waals surface area (Å²) in [5, 5.41) is 14.0. The van der Waals surface area contributed by atoms with Crippen LogP contribution in [0.15, 0.2) is 36.0 Å². The molecule has 2 amide bonds. The molecule has 1 spiro atoms. The van der Waals surface area contributed by atoms with Crippen LogP contribution in [0.4, 0.5) is 0 Å². The van der Waals surface area contributed by atoms with Crippen molar-refractivity contribution < 1.29 is 38.4 Å². The van der Waals surface area contributed by atoms with Gasteiger partial charge in [0.2, 0.25) is 11.8 Å². The van der Waals surface area contributed by atoms with Gasteiger partial charge in [-0.2, -0.15) is 0 Å². The largest absolute Gasteiger partial charge is 0.459 e. The van der Waals surface area contributed by atoms with E-state index in [1.54, 1.807) is 13.0 Å². The number of epoxide rings is 1. The minimum atomic E-state index is -0.771. The van der Waals surface area contributed by atoms with Crippen molar-refractivity contribution in [2.24, 2.45) is 5.92 Å². The molecular weight excluding hydrogens is 552 g/mol. The molecule has 0 saturated carbocycles. The Bertz CT molecular complexity index is 1080. The second-order valence-electron chi connectivity index (χ2n) is 12.8. The number of nitrogens with one attached hydrogen (secondary N) is 1. The predicted molar refractivity (Wildman–Crippen MR) is 161 cm³/mol. The zero-order chi connectivity index (χ0) is 31.1. The normalized spacial score (nSPS) is 35.7. The molecule has 4 aliphatic rings. The predicted octanol–water partition coefficient (Wildman–Crippen LogP) is 3.38. The molecule has 1 unspecified atom stereocenters. The first-order valence-electron chi connectivity index (χ1n) is 15.9. The third-order valence-electron chi connectivity index (χ3n) is 9.03. The van der Waals surface area contributed by atoms with E-state index < -0.39 is 29.9 Å². The SMILES string of the molecule is CC(=O)O[C@@H](C)/C=C\C(=O)N[C@@H]1C[C@H](C)[C@H](C/C=C(C)/C=C/[C@H]2O[C@H](CC(=O)N3CCCCC3)CC3(CO3)[C@@H]2O)O[C@@H]1C. The molecule has 0 radical (unpaired) electrons. The minimum Gasteiger partial charge on any atom is -0.459 e. The first kappa shape index (κ1) is 33.4. The van der Waals surface area contributed by atoms with Gasteiger partial charge in [-0.1, -0.05) is 30.7 Å². The number of hydrogen-bond donors (Lipinski definition) is 2. The second kappa shape index (κ2) is 15.0. The summed E-state index contributed by atoms with van der Waals surface area (Å²) in [5.41, 5.74) is 0.417. The number of aliphatic hydroxyl groups excluding tert-OH is 1. The van der Waals surface area contributed by atoms with Crippen LogP contribution in [0, 0.1) is 5.92 Å². The number of piperidine rings is 1. The molecule has 4 rings (SSSR count). The van der Waals surface area contributed by atoms with Crippen molar-refractivity contribution in [1.29, 1.82) is 0 Å². The van der Waals surface area contributed by atoms with Crippen LogP contribution in [0.5, 0.6) is 0 Å². The Hall–Kier alpha value is -2.53. The number of esters is 1. The summed E-state index contributed by atoms with van der Waals surface area (Å²) in [6, 6.07) is -0.117. The maximum Gasteiger partial charge on any atom is 0.303 e. The maximum atomic E-state index is 12.9. The molecule has 2 N–H and O–H groups in total. The van der Waals surface area contributed by atoms with Gasteiger partial charge in [0, 0.05) is 32.5 Å². The Balaban J connectivity index is 1.26. The Morgan fingerprint density at radius 3 is 2.51 bits per heavy atom. The zero-order valence-electron chi connectivity index (χ0n) is 26.3. The number of aliphatic hydroxyl groups is 1. The Morgan fingerprint density at radius 1 is 1.12 bits per heavy atom. The molecule has 240 valence electrons. The highest BCUT2D eigenvalue weighted by Gasteiger charge is 2.58. The Labute approximate surface area is 255 Å². The summed E-state index contributed by atoms with van der Waals surface area (Å²) in [4.78, 5) is 38.2. The smallest absolute Gasteiger partial charge is 0.303 e. The van der Waals surface area contributed by atoms with Gasteiger partial charge in [-0.05, 0) is 64.9 Å². The van der Waals surface area contributed by atoms with Crippen LogP contribution in [0.1, 0.15) is 79.6 Å². The van der Waals surface area contributed by atoms with Gasteiger partial charge in [-0.25, -0.2) is 0 Å². The van der Waals surface area contributed by atoms with Gasteiger partial charge in [0.25, 0.3) is 0 Å². The van der Waals surface area contributed by atoms with Gasteiger partial charge >= 0.3 is 5.97 Å². The lowest BCUT2D eigenvalue weighted by Crippen LogP contribution is -2.51. The van der Waals surface area contributed by atoms with E-state index in [0.717, 1.165) is 44.3 Å². The first-order chi connectivity index (χ1) is 20.5. The minimum absolute atomic E-state index is 0.0101. The summed E-state index contributed by atoms with van der Waals surface area (Å²) in [6.45, 7) is 11.3. The second-order valence-corrected chi connectivity index (χ2v) is 12.8.